The average molecular weight is 251 g/mol. The van der Waals surface area contributed by atoms with Crippen LogP contribution in [0.5, 0.6) is 5.75 Å². The molecule has 0 saturated heterocycles. The van der Waals surface area contributed by atoms with E-state index in [1.165, 1.54) is 31.6 Å². The summed E-state index contributed by atoms with van der Waals surface area (Å²) in [6.07, 6.45) is 2.99. The minimum atomic E-state index is -0.601. The molecule has 0 aliphatic heterocycles. The van der Waals surface area contributed by atoms with Crippen molar-refractivity contribution in [2.75, 3.05) is 12.4 Å². The topological polar surface area (TPSA) is 47.0 Å². The lowest BCUT2D eigenvalue weighted by Gasteiger charge is -2.06. The predicted octanol–water partition coefficient (Wildman–Crippen LogP) is 2.38. The van der Waals surface area contributed by atoms with Crippen molar-refractivity contribution in [3.63, 3.8) is 0 Å². The third kappa shape index (κ3) is 2.91. The molecular formula is C12H11F2N3O. The summed E-state index contributed by atoms with van der Waals surface area (Å²) in [6.45, 7) is 0.179. The van der Waals surface area contributed by atoms with Gasteiger partial charge in [0, 0.05) is 18.2 Å². The Morgan fingerprint density at radius 2 is 1.94 bits per heavy atom. The van der Waals surface area contributed by atoms with E-state index in [1.807, 2.05) is 0 Å². The van der Waals surface area contributed by atoms with Crippen LogP contribution in [0.15, 0.2) is 30.6 Å². The number of halogens is 2. The summed E-state index contributed by atoms with van der Waals surface area (Å²) in [5.41, 5.74) is 0.343. The summed E-state index contributed by atoms with van der Waals surface area (Å²) in [7, 11) is 1.51. The van der Waals surface area contributed by atoms with Crippen LogP contribution < -0.4 is 10.1 Å². The van der Waals surface area contributed by atoms with Gasteiger partial charge >= 0.3 is 0 Å². The van der Waals surface area contributed by atoms with E-state index in [0.29, 0.717) is 17.3 Å². The van der Waals surface area contributed by atoms with Crippen LogP contribution in [0.1, 0.15) is 5.56 Å². The van der Waals surface area contributed by atoms with E-state index in [0.717, 1.165) is 6.07 Å². The number of hydrogen-bond acceptors (Lipinski definition) is 4. The van der Waals surface area contributed by atoms with Crippen molar-refractivity contribution in [1.82, 2.24) is 9.97 Å². The van der Waals surface area contributed by atoms with Crippen molar-refractivity contribution >= 4 is 5.95 Å². The molecule has 0 amide bonds. The number of nitrogens with one attached hydrogen (secondary N) is 1. The largest absolute Gasteiger partial charge is 0.494 e. The van der Waals surface area contributed by atoms with E-state index < -0.39 is 11.6 Å². The van der Waals surface area contributed by atoms with E-state index in [4.69, 9.17) is 4.74 Å². The molecule has 0 radical (unpaired) electrons. The van der Waals surface area contributed by atoms with E-state index >= 15 is 0 Å². The number of methoxy groups -OCH3 is 1. The Kier molecular flexibility index (Phi) is 3.66. The van der Waals surface area contributed by atoms with Crippen LogP contribution in [0.2, 0.25) is 0 Å². The van der Waals surface area contributed by atoms with Gasteiger partial charge in [0.05, 0.1) is 19.5 Å². The Bertz CT molecular complexity index is 531. The molecule has 94 valence electrons. The molecule has 2 rings (SSSR count). The smallest absolute Gasteiger partial charge is 0.223 e. The SMILES string of the molecule is COc1cnc(NCc2ccc(F)cc2F)nc1. The highest BCUT2D eigenvalue weighted by Gasteiger charge is 2.04. The number of nitrogens with zero attached hydrogens (tertiary/aromatic N) is 2. The Morgan fingerprint density at radius 3 is 2.56 bits per heavy atom. The molecule has 1 heterocycles. The van der Waals surface area contributed by atoms with Crippen LogP contribution in [0.4, 0.5) is 14.7 Å². The number of hydrogen-bond donors (Lipinski definition) is 1. The first-order valence-corrected chi connectivity index (χ1v) is 5.23. The summed E-state index contributed by atoms with van der Waals surface area (Å²) in [4.78, 5) is 7.94. The van der Waals surface area contributed by atoms with Gasteiger partial charge in [0.2, 0.25) is 5.95 Å². The molecule has 0 unspecified atom stereocenters. The zero-order valence-corrected chi connectivity index (χ0v) is 9.65. The standard InChI is InChI=1S/C12H11F2N3O/c1-18-10-6-16-12(17-7-10)15-5-8-2-3-9(13)4-11(8)14/h2-4,6-7H,5H2,1H3,(H,15,16,17). The van der Waals surface area contributed by atoms with Gasteiger partial charge in [-0.05, 0) is 6.07 Å². The second-order valence-electron chi connectivity index (χ2n) is 3.54. The minimum absolute atomic E-state index is 0.179. The van der Waals surface area contributed by atoms with Gasteiger partial charge in [0.1, 0.15) is 11.6 Å². The molecule has 0 bridgehead atoms. The van der Waals surface area contributed by atoms with Crippen LogP contribution in [0, 0.1) is 11.6 Å². The van der Waals surface area contributed by atoms with E-state index in [9.17, 15) is 8.78 Å². The molecule has 1 aromatic heterocycles. The molecule has 18 heavy (non-hydrogen) atoms. The van der Waals surface area contributed by atoms with Crippen LogP contribution in [0.25, 0.3) is 0 Å². The Hall–Kier alpha value is -2.24. The van der Waals surface area contributed by atoms with Gasteiger partial charge in [-0.2, -0.15) is 0 Å². The molecule has 4 nitrogen and oxygen atoms in total. The molecule has 0 atom stereocenters. The second kappa shape index (κ2) is 5.39. The summed E-state index contributed by atoms with van der Waals surface area (Å²) in [5, 5.41) is 2.83. The Morgan fingerprint density at radius 1 is 1.22 bits per heavy atom. The molecule has 0 fully saturated rings. The fraction of sp³-hybridized carbons (Fsp3) is 0.167. The van der Waals surface area contributed by atoms with Gasteiger partial charge in [0.15, 0.2) is 5.75 Å². The van der Waals surface area contributed by atoms with Crippen LogP contribution in [-0.4, -0.2) is 17.1 Å². The highest BCUT2D eigenvalue weighted by Crippen LogP contribution is 2.12. The molecule has 1 N–H and O–H groups in total. The van der Waals surface area contributed by atoms with E-state index in [2.05, 4.69) is 15.3 Å². The van der Waals surface area contributed by atoms with Crippen LogP contribution in [-0.2, 0) is 6.54 Å². The molecule has 0 aliphatic carbocycles. The summed E-state index contributed by atoms with van der Waals surface area (Å²) >= 11 is 0. The lowest BCUT2D eigenvalue weighted by molar-refractivity contribution is 0.411. The van der Waals surface area contributed by atoms with Gasteiger partial charge in [-0.25, -0.2) is 18.7 Å². The molecule has 0 saturated carbocycles. The maximum Gasteiger partial charge on any atom is 0.223 e. The zero-order chi connectivity index (χ0) is 13.0. The Balaban J connectivity index is 2.02. The lowest BCUT2D eigenvalue weighted by atomic mass is 10.2. The fourth-order valence-electron chi connectivity index (χ4n) is 1.35. The third-order valence-corrected chi connectivity index (χ3v) is 2.32. The van der Waals surface area contributed by atoms with Crippen molar-refractivity contribution in [1.29, 1.82) is 0 Å². The summed E-state index contributed by atoms with van der Waals surface area (Å²) < 4.78 is 30.9. The number of ether oxygens (including phenoxy) is 1. The van der Waals surface area contributed by atoms with Gasteiger partial charge in [0.25, 0.3) is 0 Å². The summed E-state index contributed by atoms with van der Waals surface area (Å²) in [6, 6.07) is 3.42. The fourth-order valence-corrected chi connectivity index (χ4v) is 1.35. The quantitative estimate of drug-likeness (QED) is 0.906. The van der Waals surface area contributed by atoms with Crippen molar-refractivity contribution in [2.45, 2.75) is 6.54 Å². The van der Waals surface area contributed by atoms with Gasteiger partial charge in [-0.1, -0.05) is 6.07 Å². The Labute approximate surface area is 103 Å². The first-order chi connectivity index (χ1) is 8.69. The number of anilines is 1. The van der Waals surface area contributed by atoms with Gasteiger partial charge in [-0.3, -0.25) is 0 Å². The number of rotatable bonds is 4. The van der Waals surface area contributed by atoms with Crippen molar-refractivity contribution in [2.24, 2.45) is 0 Å². The van der Waals surface area contributed by atoms with Crippen molar-refractivity contribution < 1.29 is 13.5 Å². The van der Waals surface area contributed by atoms with Crippen molar-refractivity contribution in [3.05, 3.63) is 47.8 Å². The molecule has 0 spiro atoms. The molecular weight excluding hydrogens is 240 g/mol. The zero-order valence-electron chi connectivity index (χ0n) is 9.65. The third-order valence-electron chi connectivity index (χ3n) is 2.32. The highest BCUT2D eigenvalue weighted by molar-refractivity contribution is 5.30. The first kappa shape index (κ1) is 12.2. The predicted molar refractivity (Wildman–Crippen MR) is 62.3 cm³/mol. The van der Waals surface area contributed by atoms with Crippen LogP contribution in [0.3, 0.4) is 0 Å². The van der Waals surface area contributed by atoms with Gasteiger partial charge in [-0.15, -0.1) is 0 Å². The monoisotopic (exact) mass is 251 g/mol. The molecule has 0 aliphatic rings. The molecule has 6 heteroatoms. The first-order valence-electron chi connectivity index (χ1n) is 5.23. The van der Waals surface area contributed by atoms with Crippen LogP contribution >= 0.6 is 0 Å². The second-order valence-corrected chi connectivity index (χ2v) is 3.54. The average Bonchev–Trinajstić information content (AvgIpc) is 2.38. The lowest BCUT2D eigenvalue weighted by Crippen LogP contribution is -2.05. The maximum atomic E-state index is 13.3. The number of aromatic nitrogens is 2. The normalized spacial score (nSPS) is 10.2. The minimum Gasteiger partial charge on any atom is -0.494 e. The molecule has 2 aromatic rings. The van der Waals surface area contributed by atoms with E-state index in [-0.39, 0.29) is 6.54 Å². The highest BCUT2D eigenvalue weighted by atomic mass is 19.1. The maximum absolute atomic E-state index is 13.3. The van der Waals surface area contributed by atoms with E-state index in [1.54, 1.807) is 0 Å². The molecule has 1 aromatic carbocycles. The summed E-state index contributed by atoms with van der Waals surface area (Å²) in [5.74, 6) is -0.319. The number of benzene rings is 1. The van der Waals surface area contributed by atoms with Crippen molar-refractivity contribution in [3.8, 4) is 5.75 Å². The van der Waals surface area contributed by atoms with Gasteiger partial charge < -0.3 is 10.1 Å².